The van der Waals surface area contributed by atoms with Gasteiger partial charge in [-0.1, -0.05) is 0 Å². The molecule has 0 unspecified atom stereocenters. The molecule has 3 aromatic rings. The molecule has 0 aromatic carbocycles. The van der Waals surface area contributed by atoms with Crippen LogP contribution in [-0.4, -0.2) is 38.4 Å². The lowest BCUT2D eigenvalue weighted by molar-refractivity contribution is 0.187. The first kappa shape index (κ1) is 13.3. The molecule has 4 heterocycles. The summed E-state index contributed by atoms with van der Waals surface area (Å²) in [5, 5.41) is 15.2. The molecule has 0 spiro atoms. The third-order valence-corrected chi connectivity index (χ3v) is 4.11. The Morgan fingerprint density at radius 1 is 1.23 bits per heavy atom. The van der Waals surface area contributed by atoms with Crippen molar-refractivity contribution >= 4 is 0 Å². The minimum Gasteiger partial charge on any atom is -0.459 e. The highest BCUT2D eigenvalue weighted by Crippen LogP contribution is 2.27. The first-order chi connectivity index (χ1) is 10.9. The Labute approximate surface area is 127 Å². The van der Waals surface area contributed by atoms with Gasteiger partial charge in [0, 0.05) is 17.8 Å². The summed E-state index contributed by atoms with van der Waals surface area (Å²) in [6, 6.07) is 5.68. The fourth-order valence-electron chi connectivity index (χ4n) is 2.90. The molecule has 0 bridgehead atoms. The molecule has 0 amide bonds. The number of piperidine rings is 1. The van der Waals surface area contributed by atoms with E-state index in [0.29, 0.717) is 30.0 Å². The molecule has 1 N–H and O–H groups in total. The van der Waals surface area contributed by atoms with Gasteiger partial charge in [0.15, 0.2) is 5.76 Å². The summed E-state index contributed by atoms with van der Waals surface area (Å²) in [6.45, 7) is 2.72. The normalized spacial score (nSPS) is 17.1. The number of hydrogen-bond acceptors (Lipinski definition) is 6. The fraction of sp³-hybridized carbons (Fsp3) is 0.400. The van der Waals surface area contributed by atoms with Crippen molar-refractivity contribution in [2.24, 2.45) is 0 Å². The Morgan fingerprint density at radius 2 is 2.14 bits per heavy atom. The number of rotatable bonds is 4. The van der Waals surface area contributed by atoms with E-state index in [-0.39, 0.29) is 0 Å². The number of aromatic nitrogens is 4. The molecule has 1 fully saturated rings. The Hall–Kier alpha value is -2.41. The van der Waals surface area contributed by atoms with E-state index in [9.17, 15) is 0 Å². The first-order valence-electron chi connectivity index (χ1n) is 7.46. The van der Waals surface area contributed by atoms with Crippen molar-refractivity contribution in [3.63, 3.8) is 0 Å². The van der Waals surface area contributed by atoms with Gasteiger partial charge in [-0.25, -0.2) is 0 Å². The highest BCUT2D eigenvalue weighted by atomic mass is 16.4. The van der Waals surface area contributed by atoms with Crippen molar-refractivity contribution in [2.45, 2.75) is 25.3 Å². The molecule has 4 rings (SSSR count). The molecule has 1 aliphatic rings. The minimum atomic E-state index is 0.437. The van der Waals surface area contributed by atoms with Crippen molar-refractivity contribution in [1.29, 1.82) is 0 Å². The predicted octanol–water partition coefficient (Wildman–Crippen LogP) is 2.43. The number of nitrogens with one attached hydrogen (secondary N) is 1. The Balaban J connectivity index is 1.35. The lowest BCUT2D eigenvalue weighted by Crippen LogP contribution is -2.32. The lowest BCUT2D eigenvalue weighted by Gasteiger charge is -2.30. The van der Waals surface area contributed by atoms with Crippen LogP contribution in [0, 0.1) is 0 Å². The third-order valence-electron chi connectivity index (χ3n) is 4.11. The maximum absolute atomic E-state index is 5.66. The van der Waals surface area contributed by atoms with Crippen molar-refractivity contribution in [1.82, 2.24) is 25.3 Å². The zero-order valence-corrected chi connectivity index (χ0v) is 12.1. The van der Waals surface area contributed by atoms with Crippen LogP contribution in [0.25, 0.3) is 11.7 Å². The van der Waals surface area contributed by atoms with Gasteiger partial charge < -0.3 is 8.83 Å². The van der Waals surface area contributed by atoms with Crippen molar-refractivity contribution in [2.75, 3.05) is 13.1 Å². The van der Waals surface area contributed by atoms with E-state index in [4.69, 9.17) is 8.83 Å². The molecule has 0 radical (unpaired) electrons. The molecule has 3 aromatic heterocycles. The van der Waals surface area contributed by atoms with E-state index < -0.39 is 0 Å². The monoisotopic (exact) mass is 299 g/mol. The highest BCUT2D eigenvalue weighted by molar-refractivity contribution is 5.42. The van der Waals surface area contributed by atoms with Crippen LogP contribution in [-0.2, 0) is 6.54 Å². The third kappa shape index (κ3) is 2.67. The fourth-order valence-corrected chi connectivity index (χ4v) is 2.90. The average molecular weight is 299 g/mol. The van der Waals surface area contributed by atoms with Crippen LogP contribution < -0.4 is 0 Å². The standard InChI is InChI=1S/C15H17N5O2/c1-2-13(21-9-1)15-19-18-14(22-15)10-20-7-4-11(5-8-20)12-3-6-16-17-12/h1-3,6,9,11H,4-5,7-8,10H2,(H,16,17). The molecule has 0 saturated carbocycles. The summed E-state index contributed by atoms with van der Waals surface area (Å²) < 4.78 is 10.9. The molecule has 1 saturated heterocycles. The van der Waals surface area contributed by atoms with Gasteiger partial charge >= 0.3 is 0 Å². The molecule has 0 aliphatic carbocycles. The average Bonchev–Trinajstić information content (AvgIpc) is 3.30. The highest BCUT2D eigenvalue weighted by Gasteiger charge is 2.23. The van der Waals surface area contributed by atoms with Crippen LogP contribution in [0.1, 0.15) is 30.3 Å². The van der Waals surface area contributed by atoms with E-state index in [2.05, 4.69) is 31.4 Å². The number of hydrogen-bond donors (Lipinski definition) is 1. The van der Waals surface area contributed by atoms with Crippen LogP contribution >= 0.6 is 0 Å². The maximum atomic E-state index is 5.66. The summed E-state index contributed by atoms with van der Waals surface area (Å²) >= 11 is 0. The Bertz CT molecular complexity index is 696. The second kappa shape index (κ2) is 5.76. The summed E-state index contributed by atoms with van der Waals surface area (Å²) in [5.74, 6) is 2.25. The van der Waals surface area contributed by atoms with Crippen molar-refractivity contribution < 1.29 is 8.83 Å². The molecular formula is C15H17N5O2. The van der Waals surface area contributed by atoms with Crippen molar-refractivity contribution in [3.05, 3.63) is 42.2 Å². The van der Waals surface area contributed by atoms with Gasteiger partial charge in [0.1, 0.15) is 0 Å². The Kier molecular flexibility index (Phi) is 3.48. The number of aromatic amines is 1. The molecular weight excluding hydrogens is 282 g/mol. The topological polar surface area (TPSA) is 84.0 Å². The number of likely N-dealkylation sites (tertiary alicyclic amines) is 1. The van der Waals surface area contributed by atoms with Gasteiger partial charge in [-0.15, -0.1) is 10.2 Å². The van der Waals surface area contributed by atoms with E-state index in [1.54, 1.807) is 12.3 Å². The zero-order valence-electron chi connectivity index (χ0n) is 12.1. The number of H-pyrrole nitrogens is 1. The van der Waals surface area contributed by atoms with Crippen LogP contribution in [0.3, 0.4) is 0 Å². The molecule has 1 aliphatic heterocycles. The van der Waals surface area contributed by atoms with Gasteiger partial charge in [0.05, 0.1) is 12.8 Å². The smallest absolute Gasteiger partial charge is 0.283 e. The van der Waals surface area contributed by atoms with E-state index in [1.807, 2.05) is 12.3 Å². The zero-order chi connectivity index (χ0) is 14.8. The molecule has 114 valence electrons. The van der Waals surface area contributed by atoms with Gasteiger partial charge in [-0.05, 0) is 44.1 Å². The van der Waals surface area contributed by atoms with E-state index in [1.165, 1.54) is 5.69 Å². The van der Waals surface area contributed by atoms with E-state index >= 15 is 0 Å². The molecule has 7 heteroatoms. The van der Waals surface area contributed by atoms with Crippen LogP contribution in [0.2, 0.25) is 0 Å². The van der Waals surface area contributed by atoms with Crippen LogP contribution in [0.4, 0.5) is 0 Å². The SMILES string of the molecule is c1coc(-c2nnc(CN3CCC(c4ccn[nH]4)CC3)o2)c1. The molecule has 7 nitrogen and oxygen atoms in total. The number of nitrogens with zero attached hydrogens (tertiary/aromatic N) is 4. The predicted molar refractivity (Wildman–Crippen MR) is 77.8 cm³/mol. The van der Waals surface area contributed by atoms with Gasteiger partial charge in [-0.3, -0.25) is 10.00 Å². The quantitative estimate of drug-likeness (QED) is 0.796. The second-order valence-electron chi connectivity index (χ2n) is 5.54. The largest absolute Gasteiger partial charge is 0.459 e. The van der Waals surface area contributed by atoms with Crippen molar-refractivity contribution in [3.8, 4) is 11.7 Å². The van der Waals surface area contributed by atoms with Gasteiger partial charge in [0.25, 0.3) is 5.89 Å². The van der Waals surface area contributed by atoms with Crippen LogP contribution in [0.5, 0.6) is 0 Å². The molecule has 0 atom stereocenters. The van der Waals surface area contributed by atoms with Gasteiger partial charge in [0.2, 0.25) is 5.89 Å². The summed E-state index contributed by atoms with van der Waals surface area (Å²) in [4.78, 5) is 2.34. The summed E-state index contributed by atoms with van der Waals surface area (Å²) in [6.07, 6.45) is 5.64. The maximum Gasteiger partial charge on any atom is 0.283 e. The lowest BCUT2D eigenvalue weighted by atomic mass is 9.94. The minimum absolute atomic E-state index is 0.437. The van der Waals surface area contributed by atoms with Crippen LogP contribution in [0.15, 0.2) is 39.5 Å². The summed E-state index contributed by atoms with van der Waals surface area (Å²) in [5.41, 5.74) is 1.23. The summed E-state index contributed by atoms with van der Waals surface area (Å²) in [7, 11) is 0. The number of furan rings is 1. The van der Waals surface area contributed by atoms with E-state index in [0.717, 1.165) is 25.9 Å². The van der Waals surface area contributed by atoms with Gasteiger partial charge in [-0.2, -0.15) is 5.10 Å². The molecule has 22 heavy (non-hydrogen) atoms. The second-order valence-corrected chi connectivity index (χ2v) is 5.54. The first-order valence-corrected chi connectivity index (χ1v) is 7.46. The Morgan fingerprint density at radius 3 is 2.86 bits per heavy atom.